The third-order valence-corrected chi connectivity index (χ3v) is 2.48. The van der Waals surface area contributed by atoms with E-state index in [1.807, 2.05) is 6.07 Å². The molecule has 1 aliphatic rings. The summed E-state index contributed by atoms with van der Waals surface area (Å²) in [5, 5.41) is 19.1. The molecule has 0 saturated heterocycles. The second-order valence-corrected chi connectivity index (χ2v) is 4.09. The first-order valence-corrected chi connectivity index (χ1v) is 5.43. The molecule has 0 unspecified atom stereocenters. The molecule has 1 amide bonds. The molecule has 1 heterocycles. The first kappa shape index (κ1) is 11.3. The number of hydrogen-bond donors (Lipinski definition) is 1. The number of carbonyl (C=O) groups is 1. The first-order valence-electron chi connectivity index (χ1n) is 5.43. The smallest absolute Gasteiger partial charge is 0.239 e. The SMILES string of the molecule is CN(CC(=O)NC1CC1)c1ccc(C#N)nn1. The van der Waals surface area contributed by atoms with Crippen LogP contribution in [0.3, 0.4) is 0 Å². The van der Waals surface area contributed by atoms with Gasteiger partial charge in [0.2, 0.25) is 5.91 Å². The molecule has 0 bridgehead atoms. The normalized spacial score (nSPS) is 13.9. The van der Waals surface area contributed by atoms with Crippen molar-refractivity contribution in [3.63, 3.8) is 0 Å². The lowest BCUT2D eigenvalue weighted by molar-refractivity contribution is -0.119. The monoisotopic (exact) mass is 231 g/mol. The summed E-state index contributed by atoms with van der Waals surface area (Å²) in [4.78, 5) is 13.2. The Morgan fingerprint density at radius 3 is 2.88 bits per heavy atom. The van der Waals surface area contributed by atoms with Crippen LogP contribution < -0.4 is 10.2 Å². The van der Waals surface area contributed by atoms with E-state index in [1.54, 1.807) is 24.1 Å². The molecule has 6 nitrogen and oxygen atoms in total. The van der Waals surface area contributed by atoms with E-state index in [9.17, 15) is 4.79 Å². The van der Waals surface area contributed by atoms with E-state index in [0.29, 0.717) is 11.9 Å². The minimum Gasteiger partial charge on any atom is -0.352 e. The van der Waals surface area contributed by atoms with Gasteiger partial charge in [-0.3, -0.25) is 4.79 Å². The third-order valence-electron chi connectivity index (χ3n) is 2.48. The second-order valence-electron chi connectivity index (χ2n) is 4.09. The zero-order chi connectivity index (χ0) is 12.3. The summed E-state index contributed by atoms with van der Waals surface area (Å²) in [6, 6.07) is 5.52. The Hall–Kier alpha value is -2.16. The molecule has 0 atom stereocenters. The fourth-order valence-corrected chi connectivity index (χ4v) is 1.39. The number of nitrogens with one attached hydrogen (secondary N) is 1. The standard InChI is InChI=1S/C11H13N5O/c1-16(7-11(17)13-8-2-3-8)10-5-4-9(6-12)14-15-10/h4-5,8H,2-3,7H2,1H3,(H,13,17). The van der Waals surface area contributed by atoms with E-state index in [2.05, 4.69) is 15.5 Å². The minimum absolute atomic E-state index is 0.0128. The summed E-state index contributed by atoms with van der Waals surface area (Å²) in [6.45, 7) is 0.247. The molecule has 1 aromatic rings. The summed E-state index contributed by atoms with van der Waals surface area (Å²) in [5.41, 5.74) is 0.268. The van der Waals surface area contributed by atoms with Crippen molar-refractivity contribution >= 4 is 11.7 Å². The van der Waals surface area contributed by atoms with Gasteiger partial charge in [-0.25, -0.2) is 0 Å². The van der Waals surface area contributed by atoms with Crippen LogP contribution in [0.25, 0.3) is 0 Å². The number of aromatic nitrogens is 2. The molecule has 1 aromatic heterocycles. The van der Waals surface area contributed by atoms with Gasteiger partial charge in [-0.05, 0) is 25.0 Å². The van der Waals surface area contributed by atoms with Crippen LogP contribution in [0.5, 0.6) is 0 Å². The maximum Gasteiger partial charge on any atom is 0.239 e. The highest BCUT2D eigenvalue weighted by atomic mass is 16.2. The van der Waals surface area contributed by atoms with Crippen molar-refractivity contribution in [2.45, 2.75) is 18.9 Å². The highest BCUT2D eigenvalue weighted by molar-refractivity contribution is 5.81. The lowest BCUT2D eigenvalue weighted by Gasteiger charge is -2.16. The van der Waals surface area contributed by atoms with Crippen molar-refractivity contribution in [1.29, 1.82) is 5.26 Å². The van der Waals surface area contributed by atoms with Gasteiger partial charge in [0.05, 0.1) is 6.54 Å². The molecule has 0 radical (unpaired) electrons. The van der Waals surface area contributed by atoms with Gasteiger partial charge < -0.3 is 10.2 Å². The van der Waals surface area contributed by atoms with Gasteiger partial charge in [0.1, 0.15) is 6.07 Å². The van der Waals surface area contributed by atoms with E-state index in [4.69, 9.17) is 5.26 Å². The van der Waals surface area contributed by atoms with E-state index in [-0.39, 0.29) is 18.1 Å². The summed E-state index contributed by atoms with van der Waals surface area (Å²) in [6.07, 6.45) is 2.15. The Bertz CT molecular complexity index is 446. The van der Waals surface area contributed by atoms with Gasteiger partial charge in [0.25, 0.3) is 0 Å². The number of rotatable bonds is 4. The van der Waals surface area contributed by atoms with Gasteiger partial charge in [-0.2, -0.15) is 5.26 Å². The van der Waals surface area contributed by atoms with Crippen LogP contribution in [0, 0.1) is 11.3 Å². The van der Waals surface area contributed by atoms with E-state index >= 15 is 0 Å². The van der Waals surface area contributed by atoms with Crippen molar-refractivity contribution in [2.24, 2.45) is 0 Å². The van der Waals surface area contributed by atoms with Crippen LogP contribution in [-0.2, 0) is 4.79 Å². The molecule has 0 aromatic carbocycles. The number of anilines is 1. The van der Waals surface area contributed by atoms with Crippen LogP contribution >= 0.6 is 0 Å². The molecule has 0 aliphatic heterocycles. The lowest BCUT2D eigenvalue weighted by atomic mass is 10.4. The fraction of sp³-hybridized carbons (Fsp3) is 0.455. The summed E-state index contributed by atoms with van der Waals surface area (Å²) >= 11 is 0. The van der Waals surface area contributed by atoms with Gasteiger partial charge in [0.15, 0.2) is 11.5 Å². The summed E-state index contributed by atoms with van der Waals surface area (Å²) in [7, 11) is 1.77. The Morgan fingerprint density at radius 2 is 2.35 bits per heavy atom. The predicted octanol–water partition coefficient (Wildman–Crippen LogP) is 0.0631. The molecule has 88 valence electrons. The number of hydrogen-bond acceptors (Lipinski definition) is 5. The average Bonchev–Trinajstić information content (AvgIpc) is 3.12. The molecule has 6 heteroatoms. The van der Waals surface area contributed by atoms with Crippen molar-refractivity contribution in [2.75, 3.05) is 18.5 Å². The Balaban J connectivity index is 1.91. The molecule has 1 N–H and O–H groups in total. The largest absolute Gasteiger partial charge is 0.352 e. The highest BCUT2D eigenvalue weighted by Crippen LogP contribution is 2.18. The van der Waals surface area contributed by atoms with Gasteiger partial charge in [0, 0.05) is 13.1 Å². The summed E-state index contributed by atoms with van der Waals surface area (Å²) in [5.74, 6) is 0.566. The fourth-order valence-electron chi connectivity index (χ4n) is 1.39. The number of likely N-dealkylation sites (N-methyl/N-ethyl adjacent to an activating group) is 1. The minimum atomic E-state index is -0.0128. The maximum absolute atomic E-state index is 11.5. The van der Waals surface area contributed by atoms with Crippen LogP contribution in [0.15, 0.2) is 12.1 Å². The zero-order valence-electron chi connectivity index (χ0n) is 9.55. The van der Waals surface area contributed by atoms with Gasteiger partial charge >= 0.3 is 0 Å². The number of nitrogens with zero attached hydrogens (tertiary/aromatic N) is 4. The van der Waals surface area contributed by atoms with Crippen molar-refractivity contribution in [3.8, 4) is 6.07 Å². The van der Waals surface area contributed by atoms with Crippen molar-refractivity contribution in [3.05, 3.63) is 17.8 Å². The van der Waals surface area contributed by atoms with E-state index in [1.165, 1.54) is 0 Å². The molecule has 2 rings (SSSR count). The lowest BCUT2D eigenvalue weighted by Crippen LogP contribution is -2.36. The number of nitriles is 1. The molecule has 1 saturated carbocycles. The van der Waals surface area contributed by atoms with Crippen LogP contribution in [0.4, 0.5) is 5.82 Å². The zero-order valence-corrected chi connectivity index (χ0v) is 9.55. The van der Waals surface area contributed by atoms with Gasteiger partial charge in [-0.15, -0.1) is 10.2 Å². The molecular formula is C11H13N5O. The van der Waals surface area contributed by atoms with Crippen molar-refractivity contribution < 1.29 is 4.79 Å². The predicted molar refractivity (Wildman–Crippen MR) is 61.2 cm³/mol. The number of carbonyl (C=O) groups excluding carboxylic acids is 1. The average molecular weight is 231 g/mol. The van der Waals surface area contributed by atoms with E-state index < -0.39 is 0 Å². The molecule has 17 heavy (non-hydrogen) atoms. The second kappa shape index (κ2) is 4.78. The van der Waals surface area contributed by atoms with Crippen LogP contribution in [-0.4, -0.2) is 35.7 Å². The van der Waals surface area contributed by atoms with Gasteiger partial charge in [-0.1, -0.05) is 0 Å². The quantitative estimate of drug-likeness (QED) is 0.792. The van der Waals surface area contributed by atoms with E-state index in [0.717, 1.165) is 12.8 Å². The molecule has 1 fully saturated rings. The molecular weight excluding hydrogens is 218 g/mol. The van der Waals surface area contributed by atoms with Crippen molar-refractivity contribution in [1.82, 2.24) is 15.5 Å². The topological polar surface area (TPSA) is 81.9 Å². The maximum atomic E-state index is 11.5. The van der Waals surface area contributed by atoms with Crippen LogP contribution in [0.2, 0.25) is 0 Å². The number of amides is 1. The Kier molecular flexibility index (Phi) is 3.19. The molecule has 1 aliphatic carbocycles. The highest BCUT2D eigenvalue weighted by Gasteiger charge is 2.23. The summed E-state index contributed by atoms with van der Waals surface area (Å²) < 4.78 is 0. The first-order chi connectivity index (χ1) is 8.19. The third kappa shape index (κ3) is 3.14. The Morgan fingerprint density at radius 1 is 1.59 bits per heavy atom. The molecule has 0 spiro atoms. The van der Waals surface area contributed by atoms with Crippen LogP contribution in [0.1, 0.15) is 18.5 Å². The Labute approximate surface area is 99.3 Å².